The predicted octanol–water partition coefficient (Wildman–Crippen LogP) is 3.36. The fourth-order valence-electron chi connectivity index (χ4n) is 3.40. The number of hydrogen-bond donors (Lipinski definition) is 1. The smallest absolute Gasteiger partial charge is 0.313 e. The zero-order valence-electron chi connectivity index (χ0n) is 15.7. The monoisotopic (exact) mass is 390 g/mol. The van der Waals surface area contributed by atoms with E-state index in [2.05, 4.69) is 10.4 Å². The quantitative estimate of drug-likeness (QED) is 0.579. The molecule has 2 amide bonds. The first-order chi connectivity index (χ1) is 14.1. The van der Waals surface area contributed by atoms with E-state index in [-0.39, 0.29) is 17.6 Å². The highest BCUT2D eigenvalue weighted by molar-refractivity contribution is 6.09. The number of aromatic nitrogens is 2. The van der Waals surface area contributed by atoms with Crippen molar-refractivity contribution in [2.75, 3.05) is 18.5 Å². The average Bonchev–Trinajstić information content (AvgIpc) is 3.44. The molecule has 8 heteroatoms. The van der Waals surface area contributed by atoms with E-state index in [0.29, 0.717) is 35.9 Å². The van der Waals surface area contributed by atoms with E-state index in [9.17, 15) is 9.59 Å². The Morgan fingerprint density at radius 1 is 1.21 bits per heavy atom. The number of hydroxylamine groups is 2. The molecule has 1 aliphatic heterocycles. The van der Waals surface area contributed by atoms with Crippen molar-refractivity contribution in [2.24, 2.45) is 5.92 Å². The van der Waals surface area contributed by atoms with Gasteiger partial charge in [-0.05, 0) is 36.4 Å². The van der Waals surface area contributed by atoms with Crippen LogP contribution in [0.3, 0.4) is 0 Å². The molecule has 0 aliphatic carbocycles. The van der Waals surface area contributed by atoms with E-state index < -0.39 is 0 Å². The Balaban J connectivity index is 1.38. The zero-order chi connectivity index (χ0) is 20.0. The molecule has 5 rings (SSSR count). The summed E-state index contributed by atoms with van der Waals surface area (Å²) in [5.41, 5.74) is 2.37. The van der Waals surface area contributed by atoms with Crippen molar-refractivity contribution in [2.45, 2.75) is 6.92 Å². The minimum atomic E-state index is -0.303. The van der Waals surface area contributed by atoms with Gasteiger partial charge in [0, 0.05) is 23.2 Å². The number of carbonyl (C=O) groups excluding carboxylic acids is 2. The Bertz CT molecular complexity index is 1240. The molecule has 3 aromatic heterocycles. The number of anilines is 1. The molecular formula is C21H18N4O4. The van der Waals surface area contributed by atoms with Crippen LogP contribution in [0.4, 0.5) is 5.69 Å². The highest BCUT2D eigenvalue weighted by atomic mass is 16.7. The summed E-state index contributed by atoms with van der Waals surface area (Å²) < 4.78 is 7.32. The second-order valence-corrected chi connectivity index (χ2v) is 7.17. The molecule has 1 atom stereocenters. The number of carbonyl (C=O) groups is 2. The molecule has 0 radical (unpaired) electrons. The summed E-state index contributed by atoms with van der Waals surface area (Å²) in [5.74, 6) is -0.0578. The summed E-state index contributed by atoms with van der Waals surface area (Å²) in [4.78, 5) is 30.6. The minimum Gasteiger partial charge on any atom is -0.451 e. The third kappa shape index (κ3) is 3.13. The Hall–Kier alpha value is -3.65. The van der Waals surface area contributed by atoms with Gasteiger partial charge in [-0.3, -0.25) is 14.4 Å². The van der Waals surface area contributed by atoms with Crippen LogP contribution in [-0.2, 0) is 4.84 Å². The van der Waals surface area contributed by atoms with E-state index in [1.165, 1.54) is 11.3 Å². The van der Waals surface area contributed by atoms with Crippen molar-refractivity contribution >= 4 is 34.0 Å². The Morgan fingerprint density at radius 2 is 2.10 bits per heavy atom. The minimum absolute atomic E-state index is 0.209. The number of pyridine rings is 1. The summed E-state index contributed by atoms with van der Waals surface area (Å²) in [5, 5.41) is 9.11. The second kappa shape index (κ2) is 6.75. The first-order valence-electron chi connectivity index (χ1n) is 9.30. The van der Waals surface area contributed by atoms with E-state index in [4.69, 9.17) is 9.25 Å². The summed E-state index contributed by atoms with van der Waals surface area (Å²) in [6.07, 6.45) is 3.32. The molecule has 0 bridgehead atoms. The molecular weight excluding hydrogens is 372 g/mol. The van der Waals surface area contributed by atoms with Gasteiger partial charge < -0.3 is 9.73 Å². The number of fused-ring (bicyclic) bond motifs is 2. The Labute approximate surface area is 165 Å². The summed E-state index contributed by atoms with van der Waals surface area (Å²) >= 11 is 0. The van der Waals surface area contributed by atoms with Gasteiger partial charge in [0.05, 0.1) is 30.4 Å². The van der Waals surface area contributed by atoms with Crippen LogP contribution in [0.1, 0.15) is 27.8 Å². The molecule has 0 spiro atoms. The van der Waals surface area contributed by atoms with Crippen LogP contribution in [0.25, 0.3) is 16.5 Å². The van der Waals surface area contributed by atoms with Gasteiger partial charge in [0.15, 0.2) is 5.76 Å². The fraction of sp³-hybridized carbons (Fsp3) is 0.190. The van der Waals surface area contributed by atoms with Gasteiger partial charge in [-0.2, -0.15) is 5.10 Å². The van der Waals surface area contributed by atoms with Crippen LogP contribution in [0.15, 0.2) is 59.3 Å². The van der Waals surface area contributed by atoms with Crippen LogP contribution in [0.2, 0.25) is 0 Å². The summed E-state index contributed by atoms with van der Waals surface area (Å²) in [6.45, 7) is 3.08. The van der Waals surface area contributed by atoms with Crippen molar-refractivity contribution in [3.63, 3.8) is 0 Å². The highest BCUT2D eigenvalue weighted by Gasteiger charge is 2.28. The zero-order valence-corrected chi connectivity index (χ0v) is 15.7. The van der Waals surface area contributed by atoms with E-state index in [0.717, 1.165) is 10.9 Å². The summed E-state index contributed by atoms with van der Waals surface area (Å²) in [7, 11) is 0. The fourth-order valence-corrected chi connectivity index (χ4v) is 3.40. The molecule has 1 N–H and O–H groups in total. The molecule has 8 nitrogen and oxygen atoms in total. The molecule has 0 saturated carbocycles. The van der Waals surface area contributed by atoms with Crippen molar-refractivity contribution in [1.29, 1.82) is 0 Å². The standard InChI is InChI=1S/C21H18N4O4/c1-13-11-25(28-12-13)21(27)19-9-14-8-15(5-6-18(14)29-19)23-20(26)16-10-22-24-7-3-2-4-17(16)24/h2-10,13H,11-12H2,1H3,(H,23,26). The van der Waals surface area contributed by atoms with Crippen LogP contribution < -0.4 is 5.32 Å². The van der Waals surface area contributed by atoms with Gasteiger partial charge in [-0.15, -0.1) is 0 Å². The van der Waals surface area contributed by atoms with Crippen molar-refractivity contribution in [3.05, 3.63) is 66.2 Å². The van der Waals surface area contributed by atoms with Gasteiger partial charge in [0.25, 0.3) is 5.91 Å². The summed E-state index contributed by atoms with van der Waals surface area (Å²) in [6, 6.07) is 12.4. The lowest BCUT2D eigenvalue weighted by Crippen LogP contribution is -2.26. The largest absolute Gasteiger partial charge is 0.451 e. The molecule has 1 unspecified atom stereocenters. The van der Waals surface area contributed by atoms with Crippen LogP contribution in [-0.4, -0.2) is 39.6 Å². The SMILES string of the molecule is CC1CON(C(=O)c2cc3cc(NC(=O)c4cnn5ccccc45)ccc3o2)C1. The number of benzene rings is 1. The van der Waals surface area contributed by atoms with Gasteiger partial charge in [0.1, 0.15) is 5.58 Å². The third-order valence-corrected chi connectivity index (χ3v) is 4.87. The Kier molecular flexibility index (Phi) is 4.06. The molecule has 1 saturated heterocycles. The van der Waals surface area contributed by atoms with Crippen LogP contribution >= 0.6 is 0 Å². The molecule has 1 fully saturated rings. The van der Waals surface area contributed by atoms with Crippen molar-refractivity contribution in [1.82, 2.24) is 14.7 Å². The molecule has 1 aliphatic rings. The van der Waals surface area contributed by atoms with Gasteiger partial charge in [-0.25, -0.2) is 9.58 Å². The number of nitrogens with one attached hydrogen (secondary N) is 1. The van der Waals surface area contributed by atoms with Crippen molar-refractivity contribution < 1.29 is 18.8 Å². The maximum atomic E-state index is 12.7. The maximum absolute atomic E-state index is 12.7. The molecule has 1 aromatic carbocycles. The number of amides is 2. The van der Waals surface area contributed by atoms with Gasteiger partial charge in [-0.1, -0.05) is 13.0 Å². The number of nitrogens with zero attached hydrogens (tertiary/aromatic N) is 3. The topological polar surface area (TPSA) is 89.1 Å². The predicted molar refractivity (Wildman–Crippen MR) is 106 cm³/mol. The maximum Gasteiger partial charge on any atom is 0.313 e. The first kappa shape index (κ1) is 17.4. The number of hydrogen-bond acceptors (Lipinski definition) is 5. The van der Waals surface area contributed by atoms with Gasteiger partial charge in [0.2, 0.25) is 0 Å². The molecule has 29 heavy (non-hydrogen) atoms. The normalized spacial score (nSPS) is 16.6. The lowest BCUT2D eigenvalue weighted by molar-refractivity contribution is -0.0787. The van der Waals surface area contributed by atoms with Crippen LogP contribution in [0.5, 0.6) is 0 Å². The first-order valence-corrected chi connectivity index (χ1v) is 9.30. The number of furan rings is 1. The highest BCUT2D eigenvalue weighted by Crippen LogP contribution is 2.26. The second-order valence-electron chi connectivity index (χ2n) is 7.17. The van der Waals surface area contributed by atoms with E-state index >= 15 is 0 Å². The Morgan fingerprint density at radius 3 is 2.93 bits per heavy atom. The lowest BCUT2D eigenvalue weighted by Gasteiger charge is -2.11. The van der Waals surface area contributed by atoms with Crippen molar-refractivity contribution in [3.8, 4) is 0 Å². The molecule has 4 heterocycles. The van der Waals surface area contributed by atoms with Crippen LogP contribution in [0, 0.1) is 5.92 Å². The van der Waals surface area contributed by atoms with Gasteiger partial charge >= 0.3 is 5.91 Å². The third-order valence-electron chi connectivity index (χ3n) is 4.87. The lowest BCUT2D eigenvalue weighted by atomic mass is 10.2. The average molecular weight is 390 g/mol. The molecule has 4 aromatic rings. The van der Waals surface area contributed by atoms with E-state index in [1.54, 1.807) is 35.0 Å². The molecule has 146 valence electrons. The number of rotatable bonds is 3. The van der Waals surface area contributed by atoms with E-state index in [1.807, 2.05) is 25.1 Å².